The van der Waals surface area contributed by atoms with Crippen LogP contribution in [0.2, 0.25) is 0 Å². The SMILES string of the molecule is CNS(=O)(=O)c1cc(NC(=O)COc2ccccc2C(C)C)ccc1C. The molecule has 26 heavy (non-hydrogen) atoms. The van der Waals surface area contributed by atoms with Crippen molar-refractivity contribution in [3.8, 4) is 5.75 Å². The van der Waals surface area contributed by atoms with Crippen LogP contribution in [0.5, 0.6) is 5.75 Å². The summed E-state index contributed by atoms with van der Waals surface area (Å²) >= 11 is 0. The van der Waals surface area contributed by atoms with E-state index in [0.29, 0.717) is 17.0 Å². The second-order valence-electron chi connectivity index (χ2n) is 6.22. The van der Waals surface area contributed by atoms with Crippen molar-refractivity contribution in [3.05, 3.63) is 53.6 Å². The lowest BCUT2D eigenvalue weighted by Gasteiger charge is -2.14. The van der Waals surface area contributed by atoms with E-state index in [2.05, 4.69) is 23.9 Å². The Morgan fingerprint density at radius 1 is 1.15 bits per heavy atom. The minimum Gasteiger partial charge on any atom is -0.483 e. The van der Waals surface area contributed by atoms with Gasteiger partial charge in [-0.3, -0.25) is 4.79 Å². The van der Waals surface area contributed by atoms with Crippen LogP contribution in [0.4, 0.5) is 5.69 Å². The fourth-order valence-electron chi connectivity index (χ4n) is 2.51. The summed E-state index contributed by atoms with van der Waals surface area (Å²) in [4.78, 5) is 12.3. The first kappa shape index (κ1) is 19.9. The van der Waals surface area contributed by atoms with Gasteiger partial charge in [-0.15, -0.1) is 0 Å². The molecule has 0 fully saturated rings. The van der Waals surface area contributed by atoms with Crippen LogP contribution in [-0.4, -0.2) is 28.0 Å². The number of anilines is 1. The molecular formula is C19H24N2O4S. The second-order valence-corrected chi connectivity index (χ2v) is 8.07. The Balaban J connectivity index is 2.09. The predicted molar refractivity (Wildman–Crippen MR) is 102 cm³/mol. The molecule has 0 spiro atoms. The first-order valence-electron chi connectivity index (χ1n) is 8.30. The minimum atomic E-state index is -3.59. The Bertz CT molecular complexity index is 892. The third-order valence-electron chi connectivity index (χ3n) is 3.93. The summed E-state index contributed by atoms with van der Waals surface area (Å²) in [5.74, 6) is 0.584. The first-order valence-corrected chi connectivity index (χ1v) is 9.78. The molecule has 0 radical (unpaired) electrons. The van der Waals surface area contributed by atoms with Gasteiger partial charge in [0.2, 0.25) is 10.0 Å². The monoisotopic (exact) mass is 376 g/mol. The average molecular weight is 376 g/mol. The lowest BCUT2D eigenvalue weighted by atomic mass is 10.0. The van der Waals surface area contributed by atoms with Crippen LogP contribution in [0.1, 0.15) is 30.9 Å². The van der Waals surface area contributed by atoms with Crippen LogP contribution in [-0.2, 0) is 14.8 Å². The number of carbonyl (C=O) groups is 1. The molecule has 6 nitrogen and oxygen atoms in total. The van der Waals surface area contributed by atoms with Crippen LogP contribution in [0.15, 0.2) is 47.4 Å². The molecule has 2 aromatic carbocycles. The number of aryl methyl sites for hydroxylation is 1. The molecule has 7 heteroatoms. The third kappa shape index (κ3) is 4.83. The summed E-state index contributed by atoms with van der Waals surface area (Å²) in [6.45, 7) is 5.64. The molecule has 0 aliphatic heterocycles. The average Bonchev–Trinajstić information content (AvgIpc) is 2.61. The molecule has 2 N–H and O–H groups in total. The maximum Gasteiger partial charge on any atom is 0.262 e. The van der Waals surface area contributed by atoms with Gasteiger partial charge >= 0.3 is 0 Å². The maximum atomic E-state index is 12.2. The van der Waals surface area contributed by atoms with Gasteiger partial charge in [0.15, 0.2) is 6.61 Å². The number of sulfonamides is 1. The Morgan fingerprint density at radius 3 is 2.50 bits per heavy atom. The smallest absolute Gasteiger partial charge is 0.262 e. The van der Waals surface area contributed by atoms with Gasteiger partial charge in [0.25, 0.3) is 5.91 Å². The number of hydrogen-bond acceptors (Lipinski definition) is 4. The molecule has 2 rings (SSSR count). The molecule has 0 atom stereocenters. The van der Waals surface area contributed by atoms with Gasteiger partial charge in [-0.1, -0.05) is 38.1 Å². The summed E-state index contributed by atoms with van der Waals surface area (Å²) < 4.78 is 32.0. The summed E-state index contributed by atoms with van der Waals surface area (Å²) in [6, 6.07) is 12.3. The number of nitrogens with one attached hydrogen (secondary N) is 2. The van der Waals surface area contributed by atoms with E-state index in [-0.39, 0.29) is 23.3 Å². The van der Waals surface area contributed by atoms with E-state index < -0.39 is 10.0 Å². The Morgan fingerprint density at radius 2 is 1.85 bits per heavy atom. The third-order valence-corrected chi connectivity index (χ3v) is 5.49. The van der Waals surface area contributed by atoms with E-state index in [1.54, 1.807) is 19.1 Å². The highest BCUT2D eigenvalue weighted by Crippen LogP contribution is 2.26. The van der Waals surface area contributed by atoms with E-state index in [9.17, 15) is 13.2 Å². The molecule has 0 aromatic heterocycles. The van der Waals surface area contributed by atoms with Gasteiger partial charge in [-0.2, -0.15) is 0 Å². The van der Waals surface area contributed by atoms with Crippen molar-refractivity contribution >= 4 is 21.6 Å². The molecule has 140 valence electrons. The van der Waals surface area contributed by atoms with Crippen LogP contribution in [0.25, 0.3) is 0 Å². The molecule has 1 amide bonds. The molecule has 0 saturated carbocycles. The van der Waals surface area contributed by atoms with Gasteiger partial charge < -0.3 is 10.1 Å². The fraction of sp³-hybridized carbons (Fsp3) is 0.316. The number of amides is 1. The molecular weight excluding hydrogens is 352 g/mol. The lowest BCUT2D eigenvalue weighted by molar-refractivity contribution is -0.118. The van der Waals surface area contributed by atoms with Gasteiger partial charge in [-0.25, -0.2) is 13.1 Å². The number of carbonyl (C=O) groups excluding carboxylic acids is 1. The summed E-state index contributed by atoms with van der Waals surface area (Å²) in [5, 5.41) is 2.67. The van der Waals surface area contributed by atoms with Crippen molar-refractivity contribution in [3.63, 3.8) is 0 Å². The zero-order valence-corrected chi connectivity index (χ0v) is 16.2. The quantitative estimate of drug-likeness (QED) is 0.778. The number of rotatable bonds is 7. The van der Waals surface area contributed by atoms with Gasteiger partial charge in [0.1, 0.15) is 5.75 Å². The molecule has 0 aliphatic rings. The van der Waals surface area contributed by atoms with Crippen molar-refractivity contribution in [2.75, 3.05) is 19.0 Å². The Kier molecular flexibility index (Phi) is 6.39. The molecule has 0 saturated heterocycles. The highest BCUT2D eigenvalue weighted by Gasteiger charge is 2.16. The molecule has 0 heterocycles. The highest BCUT2D eigenvalue weighted by atomic mass is 32.2. The van der Waals surface area contributed by atoms with Crippen molar-refractivity contribution < 1.29 is 17.9 Å². The first-order chi connectivity index (χ1) is 12.2. The largest absolute Gasteiger partial charge is 0.483 e. The molecule has 0 bridgehead atoms. The molecule has 2 aromatic rings. The fourth-order valence-corrected chi connectivity index (χ4v) is 3.50. The predicted octanol–water partition coefficient (Wildman–Crippen LogP) is 3.04. The minimum absolute atomic E-state index is 0.129. The van der Waals surface area contributed by atoms with Gasteiger partial charge in [0.05, 0.1) is 4.90 Å². The van der Waals surface area contributed by atoms with Crippen LogP contribution in [0, 0.1) is 6.92 Å². The van der Waals surface area contributed by atoms with Crippen LogP contribution < -0.4 is 14.8 Å². The zero-order valence-electron chi connectivity index (χ0n) is 15.4. The van der Waals surface area contributed by atoms with Crippen molar-refractivity contribution in [2.24, 2.45) is 0 Å². The Hall–Kier alpha value is -2.38. The number of para-hydroxylation sites is 1. The van der Waals surface area contributed by atoms with E-state index in [1.807, 2.05) is 24.3 Å². The maximum absolute atomic E-state index is 12.2. The van der Waals surface area contributed by atoms with E-state index in [4.69, 9.17) is 4.74 Å². The Labute approximate surface area is 154 Å². The summed E-state index contributed by atoms with van der Waals surface area (Å²) in [7, 11) is -2.24. The summed E-state index contributed by atoms with van der Waals surface area (Å²) in [5.41, 5.74) is 2.02. The van der Waals surface area contributed by atoms with E-state index in [0.717, 1.165) is 5.56 Å². The number of hydrogen-bond donors (Lipinski definition) is 2. The lowest BCUT2D eigenvalue weighted by Crippen LogP contribution is -2.22. The topological polar surface area (TPSA) is 84.5 Å². The second kappa shape index (κ2) is 8.33. The van der Waals surface area contributed by atoms with E-state index >= 15 is 0 Å². The molecule has 0 aliphatic carbocycles. The number of benzene rings is 2. The normalized spacial score (nSPS) is 11.4. The van der Waals surface area contributed by atoms with Gasteiger partial charge in [0, 0.05) is 5.69 Å². The highest BCUT2D eigenvalue weighted by molar-refractivity contribution is 7.89. The van der Waals surface area contributed by atoms with Gasteiger partial charge in [-0.05, 0) is 49.2 Å². The van der Waals surface area contributed by atoms with E-state index in [1.165, 1.54) is 13.1 Å². The number of ether oxygens (including phenoxy) is 1. The summed E-state index contributed by atoms with van der Waals surface area (Å²) in [6.07, 6.45) is 0. The van der Waals surface area contributed by atoms with Crippen molar-refractivity contribution in [1.82, 2.24) is 4.72 Å². The standard InChI is InChI=1S/C19H24N2O4S/c1-13(2)16-7-5-6-8-17(16)25-12-19(22)21-15-10-9-14(3)18(11-15)26(23,24)20-4/h5-11,13,20H,12H2,1-4H3,(H,21,22). The van der Waals surface area contributed by atoms with Crippen LogP contribution >= 0.6 is 0 Å². The van der Waals surface area contributed by atoms with Crippen LogP contribution in [0.3, 0.4) is 0 Å². The molecule has 0 unspecified atom stereocenters. The zero-order chi connectivity index (χ0) is 19.3. The van der Waals surface area contributed by atoms with Crippen molar-refractivity contribution in [1.29, 1.82) is 0 Å². The van der Waals surface area contributed by atoms with Crippen molar-refractivity contribution in [2.45, 2.75) is 31.6 Å².